The minimum absolute atomic E-state index is 0.224. The molecule has 0 amide bonds. The molecule has 0 spiro atoms. The summed E-state index contributed by atoms with van der Waals surface area (Å²) in [7, 11) is 0. The molecule has 106 valence electrons. The van der Waals surface area contributed by atoms with Crippen LogP contribution in [-0.2, 0) is 4.74 Å². The van der Waals surface area contributed by atoms with Crippen LogP contribution in [0.25, 0.3) is 11.0 Å². The first-order valence-corrected chi connectivity index (χ1v) is 6.64. The third-order valence-corrected chi connectivity index (χ3v) is 3.79. The molecule has 20 heavy (non-hydrogen) atoms. The number of rotatable bonds is 2. The van der Waals surface area contributed by atoms with Crippen molar-refractivity contribution in [1.82, 2.24) is 14.5 Å². The van der Waals surface area contributed by atoms with Gasteiger partial charge in [0.2, 0.25) is 0 Å². The van der Waals surface area contributed by atoms with Gasteiger partial charge in [0, 0.05) is 18.2 Å². The molecule has 7 nitrogen and oxygen atoms in total. The second-order valence-electron chi connectivity index (χ2n) is 4.87. The average Bonchev–Trinajstić information content (AvgIpc) is 2.92. The number of fused-ring (bicyclic) bond motifs is 1. The number of thiocarbonyl (C=S) groups is 1. The second-order valence-corrected chi connectivity index (χ2v) is 5.31. The van der Waals surface area contributed by atoms with Gasteiger partial charge in [0.25, 0.3) is 0 Å². The van der Waals surface area contributed by atoms with Crippen molar-refractivity contribution in [3.63, 3.8) is 0 Å². The molecule has 1 saturated heterocycles. The summed E-state index contributed by atoms with van der Waals surface area (Å²) in [4.78, 5) is 8.43. The molecule has 3 heterocycles. The molecule has 5 N–H and O–H groups in total. The summed E-state index contributed by atoms with van der Waals surface area (Å²) in [6, 6.07) is 0. The van der Waals surface area contributed by atoms with Crippen LogP contribution in [0.5, 0.6) is 0 Å². The summed E-state index contributed by atoms with van der Waals surface area (Å²) in [5.74, 6) is 0.322. The van der Waals surface area contributed by atoms with E-state index in [2.05, 4.69) is 9.97 Å². The van der Waals surface area contributed by atoms with Crippen LogP contribution >= 0.6 is 12.2 Å². The van der Waals surface area contributed by atoms with E-state index in [4.69, 9.17) is 28.4 Å². The van der Waals surface area contributed by atoms with Gasteiger partial charge in [-0.05, 0) is 6.92 Å². The van der Waals surface area contributed by atoms with Crippen molar-refractivity contribution >= 4 is 34.1 Å². The number of nitrogen functional groups attached to an aromatic ring is 1. The monoisotopic (exact) mass is 293 g/mol. The highest BCUT2D eigenvalue weighted by molar-refractivity contribution is 7.80. The maximum atomic E-state index is 9.83. The Hall–Kier alpha value is -1.77. The molecular weight excluding hydrogens is 278 g/mol. The first-order chi connectivity index (χ1) is 9.49. The number of aromatic nitrogens is 3. The Morgan fingerprint density at radius 3 is 2.90 bits per heavy atom. The van der Waals surface area contributed by atoms with Crippen molar-refractivity contribution in [3.05, 3.63) is 18.1 Å². The number of hydrogen-bond acceptors (Lipinski definition) is 6. The van der Waals surface area contributed by atoms with E-state index in [9.17, 15) is 5.11 Å². The van der Waals surface area contributed by atoms with Gasteiger partial charge >= 0.3 is 0 Å². The molecule has 3 atom stereocenters. The summed E-state index contributed by atoms with van der Waals surface area (Å²) in [5.41, 5.74) is 12.8. The Kier molecular flexibility index (Phi) is 3.08. The highest BCUT2D eigenvalue weighted by Crippen LogP contribution is 2.33. The van der Waals surface area contributed by atoms with Crippen LogP contribution in [0, 0.1) is 0 Å². The van der Waals surface area contributed by atoms with E-state index < -0.39 is 6.10 Å². The van der Waals surface area contributed by atoms with Crippen LogP contribution in [0.3, 0.4) is 0 Å². The van der Waals surface area contributed by atoms with Gasteiger partial charge in [-0.1, -0.05) is 12.2 Å². The van der Waals surface area contributed by atoms with E-state index >= 15 is 0 Å². The van der Waals surface area contributed by atoms with Gasteiger partial charge in [-0.25, -0.2) is 9.97 Å². The second kappa shape index (κ2) is 4.65. The number of nitrogens with two attached hydrogens (primary N) is 2. The van der Waals surface area contributed by atoms with Crippen LogP contribution in [0.4, 0.5) is 5.82 Å². The normalized spacial score (nSPS) is 26.2. The van der Waals surface area contributed by atoms with Gasteiger partial charge in [-0.2, -0.15) is 0 Å². The maximum absolute atomic E-state index is 9.83. The Morgan fingerprint density at radius 1 is 1.55 bits per heavy atom. The number of aliphatic hydroxyl groups excluding tert-OH is 1. The van der Waals surface area contributed by atoms with Crippen LogP contribution in [0.1, 0.15) is 25.1 Å². The molecule has 3 rings (SSSR count). The summed E-state index contributed by atoms with van der Waals surface area (Å²) < 4.78 is 7.53. The van der Waals surface area contributed by atoms with Crippen LogP contribution in [0.15, 0.2) is 12.5 Å². The van der Waals surface area contributed by atoms with E-state index in [1.54, 1.807) is 10.8 Å². The number of anilines is 1. The van der Waals surface area contributed by atoms with E-state index in [-0.39, 0.29) is 17.3 Å². The molecule has 1 aliphatic rings. The summed E-state index contributed by atoms with van der Waals surface area (Å²) in [5, 5.41) is 10.4. The Labute approximate surface area is 120 Å². The van der Waals surface area contributed by atoms with Gasteiger partial charge in [0.05, 0.1) is 17.6 Å². The quantitative estimate of drug-likeness (QED) is 0.683. The maximum Gasteiger partial charge on any atom is 0.148 e. The van der Waals surface area contributed by atoms with Crippen LogP contribution < -0.4 is 11.5 Å². The third-order valence-electron chi connectivity index (χ3n) is 3.57. The van der Waals surface area contributed by atoms with Gasteiger partial charge in [-0.3, -0.25) is 0 Å². The highest BCUT2D eigenvalue weighted by atomic mass is 32.1. The molecule has 0 bridgehead atoms. The molecule has 2 aromatic rings. The molecule has 8 heteroatoms. The molecule has 0 unspecified atom stereocenters. The minimum atomic E-state index is -0.509. The Morgan fingerprint density at radius 2 is 2.30 bits per heavy atom. The van der Waals surface area contributed by atoms with Crippen molar-refractivity contribution in [2.75, 3.05) is 5.73 Å². The minimum Gasteiger partial charge on any atom is -0.390 e. The lowest BCUT2D eigenvalue weighted by Gasteiger charge is -2.13. The molecule has 0 aromatic carbocycles. The zero-order valence-corrected chi connectivity index (χ0v) is 11.7. The van der Waals surface area contributed by atoms with Crippen molar-refractivity contribution in [2.45, 2.75) is 31.8 Å². The molecular formula is C12H15N5O2S. The van der Waals surface area contributed by atoms with E-state index in [1.807, 2.05) is 6.92 Å². The highest BCUT2D eigenvalue weighted by Gasteiger charge is 2.33. The topological polar surface area (TPSA) is 112 Å². The smallest absolute Gasteiger partial charge is 0.148 e. The zero-order chi connectivity index (χ0) is 14.4. The van der Waals surface area contributed by atoms with E-state index in [0.29, 0.717) is 28.8 Å². The molecule has 1 fully saturated rings. The van der Waals surface area contributed by atoms with Crippen LogP contribution in [0.2, 0.25) is 0 Å². The number of aliphatic hydroxyl groups is 1. The first kappa shape index (κ1) is 13.2. The SMILES string of the molecule is C[C@H]1O[C@@H](n2cc(C(N)=S)c3c(N)ncnc32)C[C@@H]1O. The summed E-state index contributed by atoms with van der Waals surface area (Å²) >= 11 is 5.05. The fourth-order valence-electron chi connectivity index (χ4n) is 2.49. The lowest BCUT2D eigenvalue weighted by molar-refractivity contribution is -0.00609. The lowest BCUT2D eigenvalue weighted by Crippen LogP contribution is -2.15. The fourth-order valence-corrected chi connectivity index (χ4v) is 2.64. The molecule has 2 aromatic heterocycles. The largest absolute Gasteiger partial charge is 0.390 e. The predicted molar refractivity (Wildman–Crippen MR) is 78.0 cm³/mol. The van der Waals surface area contributed by atoms with E-state index in [1.165, 1.54) is 6.33 Å². The van der Waals surface area contributed by atoms with E-state index in [0.717, 1.165) is 0 Å². The average molecular weight is 293 g/mol. The number of ether oxygens (including phenoxy) is 1. The Bertz CT molecular complexity index is 676. The lowest BCUT2D eigenvalue weighted by atomic mass is 10.2. The Balaban J connectivity index is 2.17. The predicted octanol–water partition coefficient (Wildman–Crippen LogP) is 0.316. The fraction of sp³-hybridized carbons (Fsp3) is 0.417. The molecule has 0 radical (unpaired) electrons. The van der Waals surface area contributed by atoms with Gasteiger partial charge in [0.15, 0.2) is 0 Å². The number of hydrogen-bond donors (Lipinski definition) is 3. The number of nitrogens with zero attached hydrogens (tertiary/aromatic N) is 3. The third kappa shape index (κ3) is 1.92. The summed E-state index contributed by atoms with van der Waals surface area (Å²) in [6.07, 6.45) is 2.56. The molecule has 1 aliphatic heterocycles. The van der Waals surface area contributed by atoms with Crippen molar-refractivity contribution in [2.24, 2.45) is 5.73 Å². The van der Waals surface area contributed by atoms with Gasteiger partial charge < -0.3 is 25.9 Å². The van der Waals surface area contributed by atoms with Gasteiger partial charge in [-0.15, -0.1) is 0 Å². The van der Waals surface area contributed by atoms with Crippen molar-refractivity contribution < 1.29 is 9.84 Å². The first-order valence-electron chi connectivity index (χ1n) is 6.23. The van der Waals surface area contributed by atoms with Gasteiger partial charge in [0.1, 0.15) is 29.0 Å². The van der Waals surface area contributed by atoms with Crippen molar-refractivity contribution in [3.8, 4) is 0 Å². The molecule has 0 aliphatic carbocycles. The molecule has 0 saturated carbocycles. The van der Waals surface area contributed by atoms with Crippen molar-refractivity contribution in [1.29, 1.82) is 0 Å². The standard InChI is InChI=1S/C12H15N5O2S/c1-5-7(18)2-8(19-5)17-3-6(11(14)20)9-10(13)15-4-16-12(9)17/h3-5,7-8,18H,2H2,1H3,(H2,14,20)(H2,13,15,16)/t5-,7+,8-/m1/s1. The zero-order valence-electron chi connectivity index (χ0n) is 10.9. The summed E-state index contributed by atoms with van der Waals surface area (Å²) in [6.45, 7) is 1.83. The van der Waals surface area contributed by atoms with Crippen LogP contribution in [-0.4, -0.2) is 36.8 Å².